The monoisotopic (exact) mass is 603 g/mol. The highest BCUT2D eigenvalue weighted by atomic mass is 35.5. The van der Waals surface area contributed by atoms with Gasteiger partial charge < -0.3 is 4.74 Å². The Morgan fingerprint density at radius 1 is 1.00 bits per heavy atom. The minimum atomic E-state index is -3.92. The molecule has 0 heterocycles. The second-order valence-electron chi connectivity index (χ2n) is 9.49. The van der Waals surface area contributed by atoms with E-state index in [0.717, 1.165) is 27.8 Å². The average molecular weight is 604 g/mol. The highest BCUT2D eigenvalue weighted by Crippen LogP contribution is 2.30. The number of nitrogens with one attached hydrogen (secondary N) is 1. The number of methoxy groups -OCH3 is 1. The fourth-order valence-corrected chi connectivity index (χ4v) is 6.92. The maximum Gasteiger partial charge on any atom is 0.330 e. The van der Waals surface area contributed by atoms with Crippen LogP contribution in [-0.2, 0) is 53.1 Å². The number of rotatable bonds is 10. The lowest BCUT2D eigenvalue weighted by atomic mass is 9.83. The summed E-state index contributed by atoms with van der Waals surface area (Å²) in [5.74, 6) is -0.522. The Morgan fingerprint density at radius 2 is 1.68 bits per heavy atom. The zero-order valence-electron chi connectivity index (χ0n) is 22.1. The molecule has 0 bridgehead atoms. The van der Waals surface area contributed by atoms with E-state index in [0.29, 0.717) is 24.3 Å². The molecule has 11 heteroatoms. The van der Waals surface area contributed by atoms with Gasteiger partial charge in [-0.2, -0.15) is 8.42 Å². The van der Waals surface area contributed by atoms with Crippen molar-refractivity contribution in [2.45, 2.75) is 48.4 Å². The number of aryl methyl sites for hydroxylation is 1. The van der Waals surface area contributed by atoms with Gasteiger partial charge in [-0.15, -0.1) is 0 Å². The molecule has 3 aromatic rings. The molecule has 3 aromatic carbocycles. The van der Waals surface area contributed by atoms with Crippen LogP contribution in [0.3, 0.4) is 0 Å². The Morgan fingerprint density at radius 3 is 2.35 bits per heavy atom. The van der Waals surface area contributed by atoms with Crippen molar-refractivity contribution in [3.8, 4) is 0 Å². The van der Waals surface area contributed by atoms with Gasteiger partial charge in [-0.3, -0.25) is 4.18 Å². The molecule has 1 N–H and O–H groups in total. The fourth-order valence-electron chi connectivity index (χ4n) is 4.61. The number of carbonyl (C=O) groups is 1. The van der Waals surface area contributed by atoms with Crippen LogP contribution in [0.15, 0.2) is 76.5 Å². The number of carbonyl (C=O) groups excluding carboxylic acids is 1. The van der Waals surface area contributed by atoms with Crippen LogP contribution in [0.2, 0.25) is 5.02 Å². The van der Waals surface area contributed by atoms with Crippen molar-refractivity contribution in [3.63, 3.8) is 0 Å². The predicted molar refractivity (Wildman–Crippen MR) is 153 cm³/mol. The molecular weight excluding hydrogens is 574 g/mol. The SMILES string of the molecule is COC(=O)/C=C/c1c(CCOS(=O)(=O)c2ccc(C)cc2)ccc2c1CCC(NS(=O)(=O)c1ccc(Cl)cc1)C2. The van der Waals surface area contributed by atoms with E-state index < -0.39 is 26.1 Å². The van der Waals surface area contributed by atoms with Gasteiger partial charge in [0.2, 0.25) is 10.0 Å². The second-order valence-corrected chi connectivity index (χ2v) is 13.3. The van der Waals surface area contributed by atoms with Crippen LogP contribution in [0.5, 0.6) is 0 Å². The smallest absolute Gasteiger partial charge is 0.330 e. The lowest BCUT2D eigenvalue weighted by Gasteiger charge is -2.28. The third-order valence-electron chi connectivity index (χ3n) is 6.71. The molecule has 0 spiro atoms. The van der Waals surface area contributed by atoms with Crippen LogP contribution in [-0.4, -0.2) is 42.6 Å². The third-order valence-corrected chi connectivity index (χ3v) is 9.82. The van der Waals surface area contributed by atoms with Gasteiger partial charge in [0.15, 0.2) is 0 Å². The normalized spacial score (nSPS) is 15.6. The van der Waals surface area contributed by atoms with Crippen LogP contribution < -0.4 is 4.72 Å². The van der Waals surface area contributed by atoms with E-state index in [-0.39, 0.29) is 28.9 Å². The quantitative estimate of drug-likeness (QED) is 0.204. The maximum absolute atomic E-state index is 12.9. The van der Waals surface area contributed by atoms with Gasteiger partial charge in [0.1, 0.15) is 0 Å². The summed E-state index contributed by atoms with van der Waals surface area (Å²) < 4.78 is 63.8. The summed E-state index contributed by atoms with van der Waals surface area (Å²) >= 11 is 5.89. The summed E-state index contributed by atoms with van der Waals surface area (Å²) in [6.45, 7) is 1.78. The van der Waals surface area contributed by atoms with Crippen LogP contribution >= 0.6 is 11.6 Å². The third kappa shape index (κ3) is 7.38. The summed E-state index contributed by atoms with van der Waals surface area (Å²) in [5.41, 5.74) is 4.43. The lowest BCUT2D eigenvalue weighted by molar-refractivity contribution is -0.134. The number of benzene rings is 3. The summed E-state index contributed by atoms with van der Waals surface area (Å²) in [6, 6.07) is 15.9. The van der Waals surface area contributed by atoms with Gasteiger partial charge in [0.25, 0.3) is 10.1 Å². The summed E-state index contributed by atoms with van der Waals surface area (Å²) in [7, 11) is -6.37. The number of halogens is 1. The van der Waals surface area contributed by atoms with Gasteiger partial charge in [-0.05, 0) is 97.3 Å². The van der Waals surface area contributed by atoms with E-state index in [1.807, 2.05) is 19.1 Å². The van der Waals surface area contributed by atoms with E-state index in [4.69, 9.17) is 20.5 Å². The van der Waals surface area contributed by atoms with Crippen molar-refractivity contribution >= 4 is 43.8 Å². The molecule has 212 valence electrons. The topological polar surface area (TPSA) is 116 Å². The lowest BCUT2D eigenvalue weighted by Crippen LogP contribution is -2.39. The zero-order valence-corrected chi connectivity index (χ0v) is 24.5. The van der Waals surface area contributed by atoms with Crippen LogP contribution in [0.25, 0.3) is 6.08 Å². The number of esters is 1. The zero-order chi connectivity index (χ0) is 28.9. The molecule has 0 saturated heterocycles. The first-order valence-electron chi connectivity index (χ1n) is 12.6. The molecule has 0 aliphatic heterocycles. The van der Waals surface area contributed by atoms with Crippen molar-refractivity contribution in [1.82, 2.24) is 4.72 Å². The number of hydrogen-bond donors (Lipinski definition) is 1. The molecule has 1 aliphatic carbocycles. The molecule has 1 atom stereocenters. The summed E-state index contributed by atoms with van der Waals surface area (Å²) in [5, 5.41) is 0.451. The number of hydrogen-bond acceptors (Lipinski definition) is 7. The summed E-state index contributed by atoms with van der Waals surface area (Å²) in [6.07, 6.45) is 4.82. The van der Waals surface area contributed by atoms with E-state index in [1.165, 1.54) is 49.6 Å². The van der Waals surface area contributed by atoms with E-state index >= 15 is 0 Å². The molecule has 0 saturated carbocycles. The molecule has 1 aliphatic rings. The number of ether oxygens (including phenoxy) is 1. The first-order chi connectivity index (χ1) is 19.0. The minimum absolute atomic E-state index is 0.0847. The molecule has 40 heavy (non-hydrogen) atoms. The van der Waals surface area contributed by atoms with Crippen molar-refractivity contribution in [2.24, 2.45) is 0 Å². The Balaban J connectivity index is 1.53. The molecular formula is C29H30ClNO7S2. The highest BCUT2D eigenvalue weighted by molar-refractivity contribution is 7.89. The number of sulfonamides is 1. The van der Waals surface area contributed by atoms with Crippen molar-refractivity contribution in [3.05, 3.63) is 99.6 Å². The van der Waals surface area contributed by atoms with Gasteiger partial charge in [0, 0.05) is 17.1 Å². The Bertz CT molecular complexity index is 1620. The largest absolute Gasteiger partial charge is 0.466 e. The Kier molecular flexibility index (Phi) is 9.48. The predicted octanol–water partition coefficient (Wildman–Crippen LogP) is 4.62. The fraction of sp³-hybridized carbons (Fsp3) is 0.276. The first kappa shape index (κ1) is 30.0. The van der Waals surface area contributed by atoms with Crippen LogP contribution in [0, 0.1) is 6.92 Å². The maximum atomic E-state index is 12.9. The van der Waals surface area contributed by atoms with Gasteiger partial charge in [0.05, 0.1) is 23.5 Å². The first-order valence-corrected chi connectivity index (χ1v) is 15.9. The highest BCUT2D eigenvalue weighted by Gasteiger charge is 2.26. The minimum Gasteiger partial charge on any atom is -0.466 e. The van der Waals surface area contributed by atoms with E-state index in [1.54, 1.807) is 18.2 Å². The Hall–Kier alpha value is -3.02. The Labute approximate surface area is 240 Å². The van der Waals surface area contributed by atoms with Crippen LogP contribution in [0.1, 0.15) is 34.2 Å². The molecule has 8 nitrogen and oxygen atoms in total. The molecule has 0 amide bonds. The van der Waals surface area contributed by atoms with E-state index in [9.17, 15) is 21.6 Å². The van der Waals surface area contributed by atoms with E-state index in [2.05, 4.69) is 4.72 Å². The van der Waals surface area contributed by atoms with Crippen LogP contribution in [0.4, 0.5) is 0 Å². The molecule has 0 radical (unpaired) electrons. The molecule has 1 unspecified atom stereocenters. The van der Waals surface area contributed by atoms with Gasteiger partial charge in [-0.25, -0.2) is 17.9 Å². The molecule has 4 rings (SSSR count). The van der Waals surface area contributed by atoms with Crippen molar-refractivity contribution < 1.29 is 30.6 Å². The van der Waals surface area contributed by atoms with Crippen molar-refractivity contribution in [1.29, 1.82) is 0 Å². The second kappa shape index (κ2) is 12.7. The molecule has 0 fully saturated rings. The van der Waals surface area contributed by atoms with Crippen molar-refractivity contribution in [2.75, 3.05) is 13.7 Å². The molecule has 0 aromatic heterocycles. The van der Waals surface area contributed by atoms with Gasteiger partial charge >= 0.3 is 5.97 Å². The number of fused-ring (bicyclic) bond motifs is 1. The standard InChI is InChI=1S/C29H30ClNO7S2/c1-20-3-10-26(11-4-20)40(35,36)38-18-17-21-5-6-22-19-24(9-14-28(22)27(21)15-16-29(32)37-2)31-39(33,34)25-12-7-23(30)8-13-25/h3-8,10-13,15-16,24,31H,9,14,17-19H2,1-2H3/b16-15+. The summed E-state index contributed by atoms with van der Waals surface area (Å²) in [4.78, 5) is 12.1. The van der Waals surface area contributed by atoms with Gasteiger partial charge in [-0.1, -0.05) is 41.4 Å². The average Bonchev–Trinajstić information content (AvgIpc) is 2.92.